The largest absolute Gasteiger partial charge is 0.354 e. The molecule has 2 aliphatic rings. The fourth-order valence-corrected chi connectivity index (χ4v) is 5.29. The van der Waals surface area contributed by atoms with Crippen LogP contribution in [0.4, 0.5) is 5.69 Å². The van der Waals surface area contributed by atoms with E-state index < -0.39 is 0 Å². The van der Waals surface area contributed by atoms with Gasteiger partial charge in [0.25, 0.3) is 0 Å². The van der Waals surface area contributed by atoms with E-state index in [-0.39, 0.29) is 5.54 Å². The van der Waals surface area contributed by atoms with Crippen molar-refractivity contribution < 1.29 is 0 Å². The number of fused-ring (bicyclic) bond motifs is 2. The summed E-state index contributed by atoms with van der Waals surface area (Å²) in [6.45, 7) is 4.57. The molecule has 104 valence electrons. The van der Waals surface area contributed by atoms with Crippen molar-refractivity contribution in [1.29, 1.82) is 0 Å². The molecule has 0 amide bonds. The summed E-state index contributed by atoms with van der Waals surface area (Å²) in [5.41, 5.74) is 4.47. The zero-order valence-corrected chi connectivity index (χ0v) is 12.9. The van der Waals surface area contributed by atoms with Crippen molar-refractivity contribution in [2.24, 2.45) is 0 Å². The monoisotopic (exact) mass is 284 g/mol. The Morgan fingerprint density at radius 2 is 2.00 bits per heavy atom. The molecule has 2 heterocycles. The lowest BCUT2D eigenvalue weighted by Crippen LogP contribution is -2.40. The molecular weight excluding hydrogens is 264 g/mol. The highest BCUT2D eigenvalue weighted by Gasteiger charge is 2.51. The van der Waals surface area contributed by atoms with Crippen molar-refractivity contribution in [3.05, 3.63) is 46.5 Å². The molecule has 2 aromatic rings. The number of benzene rings is 1. The highest BCUT2D eigenvalue weighted by molar-refractivity contribution is 7.06. The van der Waals surface area contributed by atoms with Crippen LogP contribution in [0, 0.1) is 6.92 Å². The van der Waals surface area contributed by atoms with Crippen molar-refractivity contribution in [1.82, 2.24) is 4.37 Å². The average Bonchev–Trinajstić information content (AvgIpc) is 3.12. The highest BCUT2D eigenvalue weighted by Crippen LogP contribution is 2.57. The molecule has 20 heavy (non-hydrogen) atoms. The Balaban J connectivity index is 1.91. The number of anilines is 1. The van der Waals surface area contributed by atoms with Crippen LogP contribution in [-0.4, -0.2) is 4.37 Å². The Kier molecular flexibility index (Phi) is 2.68. The van der Waals surface area contributed by atoms with Gasteiger partial charge in [-0.15, -0.1) is 0 Å². The van der Waals surface area contributed by atoms with E-state index in [1.807, 2.05) is 0 Å². The zero-order chi connectivity index (χ0) is 13.7. The maximum absolute atomic E-state index is 4.48. The van der Waals surface area contributed by atoms with Crippen molar-refractivity contribution in [2.75, 3.05) is 4.90 Å². The first-order valence-electron chi connectivity index (χ1n) is 7.54. The predicted octanol–water partition coefficient (Wildman–Crippen LogP) is 4.80. The van der Waals surface area contributed by atoms with Crippen LogP contribution in [0.15, 0.2) is 30.5 Å². The average molecular weight is 284 g/mol. The van der Waals surface area contributed by atoms with E-state index in [0.717, 1.165) is 0 Å². The van der Waals surface area contributed by atoms with Gasteiger partial charge in [-0.1, -0.05) is 31.0 Å². The molecule has 1 spiro atoms. The minimum Gasteiger partial charge on any atom is -0.354 e. The second kappa shape index (κ2) is 4.32. The van der Waals surface area contributed by atoms with Gasteiger partial charge in [0, 0.05) is 17.4 Å². The third-order valence-electron chi connectivity index (χ3n) is 5.12. The van der Waals surface area contributed by atoms with Gasteiger partial charge in [0.05, 0.1) is 16.5 Å². The first-order valence-corrected chi connectivity index (χ1v) is 8.31. The summed E-state index contributed by atoms with van der Waals surface area (Å²) >= 11 is 1.72. The third-order valence-corrected chi connectivity index (χ3v) is 6.13. The number of aryl methyl sites for hydroxylation is 1. The molecule has 0 bridgehead atoms. The molecule has 0 unspecified atom stereocenters. The van der Waals surface area contributed by atoms with Crippen LogP contribution in [0.5, 0.6) is 0 Å². The molecule has 0 saturated heterocycles. The summed E-state index contributed by atoms with van der Waals surface area (Å²) in [7, 11) is 0. The molecule has 2 nitrogen and oxygen atoms in total. The van der Waals surface area contributed by atoms with Crippen molar-refractivity contribution in [2.45, 2.75) is 51.1 Å². The molecule has 1 fully saturated rings. The quantitative estimate of drug-likeness (QED) is 0.747. The van der Waals surface area contributed by atoms with Gasteiger partial charge in [-0.2, -0.15) is 0 Å². The van der Waals surface area contributed by atoms with Gasteiger partial charge in [0.15, 0.2) is 0 Å². The van der Waals surface area contributed by atoms with E-state index in [9.17, 15) is 0 Å². The smallest absolute Gasteiger partial charge is 0.0771 e. The second-order valence-corrected chi connectivity index (χ2v) is 6.98. The maximum atomic E-state index is 4.48. The zero-order valence-electron chi connectivity index (χ0n) is 12.1. The van der Waals surface area contributed by atoms with Gasteiger partial charge in [-0.3, -0.25) is 0 Å². The van der Waals surface area contributed by atoms with Gasteiger partial charge in [0.2, 0.25) is 0 Å². The number of aromatic nitrogens is 1. The minimum absolute atomic E-state index is 0.224. The highest BCUT2D eigenvalue weighted by atomic mass is 32.1. The van der Waals surface area contributed by atoms with Gasteiger partial charge in [0.1, 0.15) is 0 Å². The molecular formula is C17H20N2S. The molecule has 4 rings (SSSR count). The van der Waals surface area contributed by atoms with Gasteiger partial charge < -0.3 is 4.90 Å². The van der Waals surface area contributed by atoms with Crippen LogP contribution in [0.1, 0.15) is 54.7 Å². The normalized spacial score (nSPS) is 23.5. The van der Waals surface area contributed by atoms with E-state index in [1.165, 1.54) is 47.4 Å². The molecule has 0 N–H and O–H groups in total. The molecule has 1 aliphatic heterocycles. The molecule has 1 aliphatic carbocycles. The van der Waals surface area contributed by atoms with Crippen LogP contribution < -0.4 is 4.90 Å². The molecule has 1 saturated carbocycles. The molecule has 1 atom stereocenters. The summed E-state index contributed by atoms with van der Waals surface area (Å²) in [6.07, 6.45) is 7.34. The summed E-state index contributed by atoms with van der Waals surface area (Å²) in [5.74, 6) is 0. The fourth-order valence-electron chi connectivity index (χ4n) is 4.22. The van der Waals surface area contributed by atoms with E-state index in [0.29, 0.717) is 6.04 Å². The van der Waals surface area contributed by atoms with Gasteiger partial charge >= 0.3 is 0 Å². The van der Waals surface area contributed by atoms with E-state index in [1.54, 1.807) is 11.5 Å². The van der Waals surface area contributed by atoms with Crippen LogP contribution in [0.2, 0.25) is 0 Å². The fraction of sp³-hybridized carbons (Fsp3) is 0.471. The lowest BCUT2D eigenvalue weighted by atomic mass is 9.94. The van der Waals surface area contributed by atoms with Crippen LogP contribution in [0.25, 0.3) is 0 Å². The van der Waals surface area contributed by atoms with Crippen molar-refractivity contribution >= 4 is 17.2 Å². The SMILES string of the molecule is Cc1ccccc1N1[C@@H](C)c2cnsc2C12CCCC2. The topological polar surface area (TPSA) is 16.1 Å². The minimum atomic E-state index is 0.224. The molecule has 3 heteroatoms. The lowest BCUT2D eigenvalue weighted by molar-refractivity contribution is 0.421. The van der Waals surface area contributed by atoms with E-state index >= 15 is 0 Å². The van der Waals surface area contributed by atoms with Gasteiger partial charge in [-0.25, -0.2) is 4.37 Å². The van der Waals surface area contributed by atoms with Crippen molar-refractivity contribution in [3.63, 3.8) is 0 Å². The standard InChI is InChI=1S/C17H20N2S/c1-12-7-3-4-8-15(12)19-13(2)14-11-18-20-16(14)17(19)9-5-6-10-17/h3-4,7-8,11,13H,5-6,9-10H2,1-2H3/t13-/m0/s1. The third kappa shape index (κ3) is 1.47. The lowest BCUT2D eigenvalue weighted by Gasteiger charge is -2.40. The number of hydrogen-bond acceptors (Lipinski definition) is 3. The second-order valence-electron chi connectivity index (χ2n) is 6.18. The number of para-hydroxylation sites is 1. The van der Waals surface area contributed by atoms with Gasteiger partial charge in [-0.05, 0) is 49.9 Å². The predicted molar refractivity (Wildman–Crippen MR) is 84.3 cm³/mol. The Bertz CT molecular complexity index is 640. The number of nitrogens with zero attached hydrogens (tertiary/aromatic N) is 2. The van der Waals surface area contributed by atoms with Crippen LogP contribution in [-0.2, 0) is 5.54 Å². The van der Waals surface area contributed by atoms with Crippen LogP contribution >= 0.6 is 11.5 Å². The maximum Gasteiger partial charge on any atom is 0.0771 e. The van der Waals surface area contributed by atoms with Crippen LogP contribution in [0.3, 0.4) is 0 Å². The van der Waals surface area contributed by atoms with E-state index in [4.69, 9.17) is 0 Å². The molecule has 0 radical (unpaired) electrons. The summed E-state index contributed by atoms with van der Waals surface area (Å²) in [6, 6.07) is 9.27. The molecule has 1 aromatic carbocycles. The first-order chi connectivity index (χ1) is 9.74. The summed E-state index contributed by atoms with van der Waals surface area (Å²) < 4.78 is 4.48. The Morgan fingerprint density at radius 1 is 1.25 bits per heavy atom. The Hall–Kier alpha value is -1.35. The summed E-state index contributed by atoms with van der Waals surface area (Å²) in [4.78, 5) is 4.23. The van der Waals surface area contributed by atoms with E-state index in [2.05, 4.69) is 53.6 Å². The Morgan fingerprint density at radius 3 is 2.75 bits per heavy atom. The number of hydrogen-bond donors (Lipinski definition) is 0. The van der Waals surface area contributed by atoms with Crippen molar-refractivity contribution in [3.8, 4) is 0 Å². The molecule has 1 aromatic heterocycles. The Labute approximate surface area is 124 Å². The summed E-state index contributed by atoms with van der Waals surface area (Å²) in [5, 5.41) is 0. The first kappa shape index (κ1) is 12.4. The number of rotatable bonds is 1.